The van der Waals surface area contributed by atoms with Gasteiger partial charge in [0.1, 0.15) is 13.2 Å². The highest BCUT2D eigenvalue weighted by Gasteiger charge is 2.36. The topological polar surface area (TPSA) is 47.6 Å². The zero-order valence-electron chi connectivity index (χ0n) is 14.2. The van der Waals surface area contributed by atoms with Crippen LogP contribution in [-0.2, 0) is 4.79 Å². The van der Waals surface area contributed by atoms with Crippen LogP contribution in [0.25, 0.3) is 0 Å². The van der Waals surface area contributed by atoms with Gasteiger partial charge in [-0.3, -0.25) is 4.79 Å². The van der Waals surface area contributed by atoms with Gasteiger partial charge >= 0.3 is 0 Å². The van der Waals surface area contributed by atoms with Gasteiger partial charge in [-0.15, -0.1) is 0 Å². The molecule has 0 radical (unpaired) electrons. The van der Waals surface area contributed by atoms with E-state index in [0.717, 1.165) is 52.4 Å². The van der Waals surface area contributed by atoms with Gasteiger partial charge in [0, 0.05) is 40.4 Å². The molecule has 1 atom stereocenters. The van der Waals surface area contributed by atoms with E-state index in [1.165, 1.54) is 0 Å². The third-order valence-corrected chi connectivity index (χ3v) is 5.47. The molecule has 0 spiro atoms. The normalized spacial score (nSPS) is 21.0. The van der Waals surface area contributed by atoms with Crippen molar-refractivity contribution in [2.45, 2.75) is 25.2 Å². The van der Waals surface area contributed by atoms with Gasteiger partial charge in [0.15, 0.2) is 17.3 Å². The smallest absolute Gasteiger partial charge is 0.163 e. The molecule has 2 heterocycles. The Morgan fingerprint density at radius 3 is 2.65 bits per heavy atom. The second-order valence-electron chi connectivity index (χ2n) is 6.87. The Hall–Kier alpha value is -2.46. The number of ketones is 1. The first-order valence-corrected chi connectivity index (χ1v) is 9.31. The van der Waals surface area contributed by atoms with E-state index in [1.54, 1.807) is 0 Å². The molecular weight excluding hydrogens is 350 g/mol. The number of nitrogens with one attached hydrogen (secondary N) is 1. The predicted octanol–water partition coefficient (Wildman–Crippen LogP) is 4.68. The number of hydrogen-bond acceptors (Lipinski definition) is 4. The number of halogens is 1. The summed E-state index contributed by atoms with van der Waals surface area (Å²) in [4.78, 5) is 12.8. The van der Waals surface area contributed by atoms with Gasteiger partial charge in [-0.25, -0.2) is 0 Å². The first kappa shape index (κ1) is 15.8. The van der Waals surface area contributed by atoms with Crippen LogP contribution in [0.2, 0.25) is 5.02 Å². The highest BCUT2D eigenvalue weighted by molar-refractivity contribution is 6.30. The first-order valence-electron chi connectivity index (χ1n) is 8.93. The monoisotopic (exact) mass is 367 g/mol. The minimum absolute atomic E-state index is 0.136. The molecule has 0 fully saturated rings. The Labute approximate surface area is 156 Å². The number of carbonyl (C=O) groups excluding carboxylic acids is 1. The maximum Gasteiger partial charge on any atom is 0.163 e. The molecule has 132 valence electrons. The molecular formula is C21H18ClNO3. The average Bonchev–Trinajstić information content (AvgIpc) is 2.65. The fraction of sp³-hybridized carbons (Fsp3) is 0.286. The Morgan fingerprint density at radius 2 is 1.85 bits per heavy atom. The van der Waals surface area contributed by atoms with Crippen molar-refractivity contribution in [2.24, 2.45) is 0 Å². The van der Waals surface area contributed by atoms with Gasteiger partial charge in [-0.1, -0.05) is 23.7 Å². The molecule has 2 aromatic carbocycles. The van der Waals surface area contributed by atoms with Gasteiger partial charge < -0.3 is 14.8 Å². The van der Waals surface area contributed by atoms with Crippen LogP contribution >= 0.6 is 11.6 Å². The van der Waals surface area contributed by atoms with Crippen molar-refractivity contribution in [3.8, 4) is 11.5 Å². The maximum absolute atomic E-state index is 12.8. The van der Waals surface area contributed by atoms with Crippen molar-refractivity contribution >= 4 is 23.1 Å². The summed E-state index contributed by atoms with van der Waals surface area (Å²) in [5.41, 5.74) is 4.93. The van der Waals surface area contributed by atoms with Crippen LogP contribution in [-0.4, -0.2) is 19.0 Å². The fourth-order valence-electron chi connectivity index (χ4n) is 4.13. The zero-order valence-corrected chi connectivity index (χ0v) is 14.9. The molecule has 1 unspecified atom stereocenters. The van der Waals surface area contributed by atoms with Crippen LogP contribution in [0.15, 0.2) is 47.7 Å². The highest BCUT2D eigenvalue weighted by Crippen LogP contribution is 2.49. The first-order chi connectivity index (χ1) is 12.7. The van der Waals surface area contributed by atoms with Gasteiger partial charge in [-0.2, -0.15) is 0 Å². The molecule has 0 bridgehead atoms. The van der Waals surface area contributed by atoms with E-state index in [0.29, 0.717) is 24.7 Å². The van der Waals surface area contributed by atoms with Gasteiger partial charge in [-0.05, 0) is 42.2 Å². The molecule has 5 rings (SSSR count). The van der Waals surface area contributed by atoms with Crippen LogP contribution in [0, 0.1) is 0 Å². The largest absolute Gasteiger partial charge is 0.486 e. The van der Waals surface area contributed by atoms with Crippen molar-refractivity contribution in [2.75, 3.05) is 18.5 Å². The number of allylic oxidation sites excluding steroid dienone is 2. The molecule has 2 aliphatic heterocycles. The predicted molar refractivity (Wildman–Crippen MR) is 100 cm³/mol. The Balaban J connectivity index is 1.73. The van der Waals surface area contributed by atoms with E-state index < -0.39 is 0 Å². The summed E-state index contributed by atoms with van der Waals surface area (Å²) in [6, 6.07) is 11.8. The minimum atomic E-state index is -0.136. The van der Waals surface area contributed by atoms with Crippen LogP contribution in [0.3, 0.4) is 0 Å². The number of anilines is 1. The van der Waals surface area contributed by atoms with Crippen molar-refractivity contribution < 1.29 is 14.3 Å². The van der Waals surface area contributed by atoms with E-state index in [4.69, 9.17) is 21.1 Å². The number of rotatable bonds is 1. The molecule has 0 aromatic heterocycles. The number of hydrogen-bond donors (Lipinski definition) is 1. The Morgan fingerprint density at radius 1 is 1.04 bits per heavy atom. The zero-order chi connectivity index (χ0) is 17.7. The molecule has 5 heteroatoms. The summed E-state index contributed by atoms with van der Waals surface area (Å²) >= 11 is 6.26. The lowest BCUT2D eigenvalue weighted by atomic mass is 9.75. The van der Waals surface area contributed by atoms with Crippen molar-refractivity contribution in [1.29, 1.82) is 0 Å². The summed E-state index contributed by atoms with van der Waals surface area (Å²) in [6.07, 6.45) is 2.36. The Kier molecular flexibility index (Phi) is 3.68. The van der Waals surface area contributed by atoms with Crippen LogP contribution < -0.4 is 14.8 Å². The van der Waals surface area contributed by atoms with E-state index in [2.05, 4.69) is 5.32 Å². The average molecular weight is 368 g/mol. The summed E-state index contributed by atoms with van der Waals surface area (Å²) in [5.74, 6) is 1.56. The number of Topliss-reactive ketones (excluding diaryl/α,β-unsaturated/α-hetero) is 1. The molecule has 3 aliphatic rings. The van der Waals surface area contributed by atoms with E-state index in [9.17, 15) is 4.79 Å². The number of benzene rings is 2. The summed E-state index contributed by atoms with van der Waals surface area (Å²) in [6.45, 7) is 1.09. The molecule has 0 saturated carbocycles. The molecule has 4 nitrogen and oxygen atoms in total. The third-order valence-electron chi connectivity index (χ3n) is 5.24. The second kappa shape index (κ2) is 6.06. The van der Waals surface area contributed by atoms with Crippen LogP contribution in [0.1, 0.15) is 36.3 Å². The fourth-order valence-corrected chi connectivity index (χ4v) is 4.33. The van der Waals surface area contributed by atoms with Gasteiger partial charge in [0.05, 0.1) is 0 Å². The SMILES string of the molecule is O=C1CCCC2=C1C(c1cccc(Cl)c1)c1cc3c(cc1N2)OCCO3. The lowest BCUT2D eigenvalue weighted by molar-refractivity contribution is -0.116. The quantitative estimate of drug-likeness (QED) is 0.795. The maximum atomic E-state index is 12.8. The lowest BCUT2D eigenvalue weighted by Crippen LogP contribution is -2.27. The molecule has 0 amide bonds. The lowest BCUT2D eigenvalue weighted by Gasteiger charge is -2.35. The van der Waals surface area contributed by atoms with Crippen LogP contribution in [0.5, 0.6) is 11.5 Å². The number of fused-ring (bicyclic) bond motifs is 2. The second-order valence-corrected chi connectivity index (χ2v) is 7.30. The summed E-state index contributed by atoms with van der Waals surface area (Å²) in [5, 5.41) is 4.16. The summed E-state index contributed by atoms with van der Waals surface area (Å²) < 4.78 is 11.5. The highest BCUT2D eigenvalue weighted by atomic mass is 35.5. The standard InChI is InChI=1S/C21H18ClNO3/c22-13-4-1-3-12(9-13)20-14-10-18-19(26-8-7-25-18)11-16(14)23-15-5-2-6-17(24)21(15)20/h1,3-4,9-11,20,23H,2,5-8H2. The minimum Gasteiger partial charge on any atom is -0.486 e. The van der Waals surface area contributed by atoms with E-state index in [1.807, 2.05) is 36.4 Å². The molecule has 1 aliphatic carbocycles. The van der Waals surface area contributed by atoms with E-state index >= 15 is 0 Å². The third kappa shape index (κ3) is 2.48. The molecule has 26 heavy (non-hydrogen) atoms. The van der Waals surface area contributed by atoms with Gasteiger partial charge in [0.25, 0.3) is 0 Å². The number of carbonyl (C=O) groups is 1. The molecule has 0 saturated heterocycles. The number of ether oxygens (including phenoxy) is 2. The Bertz CT molecular complexity index is 950. The van der Waals surface area contributed by atoms with Crippen molar-refractivity contribution in [1.82, 2.24) is 0 Å². The van der Waals surface area contributed by atoms with Crippen molar-refractivity contribution in [3.05, 3.63) is 63.8 Å². The van der Waals surface area contributed by atoms with Crippen LogP contribution in [0.4, 0.5) is 5.69 Å². The molecule has 2 aromatic rings. The van der Waals surface area contributed by atoms with Crippen molar-refractivity contribution in [3.63, 3.8) is 0 Å². The van der Waals surface area contributed by atoms with E-state index in [-0.39, 0.29) is 11.7 Å². The molecule has 1 N–H and O–H groups in total. The summed E-state index contributed by atoms with van der Waals surface area (Å²) in [7, 11) is 0. The van der Waals surface area contributed by atoms with Gasteiger partial charge in [0.2, 0.25) is 0 Å².